The standard InChI is InChI=1S/C12H19N3O/c1-10(13)8-11-9-12(2-3-14-11)15-4-6-16-7-5-15/h2-3,9-10H,4-8,13H2,1H3. The van der Waals surface area contributed by atoms with Crippen molar-refractivity contribution in [3.8, 4) is 0 Å². The summed E-state index contributed by atoms with van der Waals surface area (Å²) in [5.74, 6) is 0. The highest BCUT2D eigenvalue weighted by Crippen LogP contribution is 2.16. The summed E-state index contributed by atoms with van der Waals surface area (Å²) in [6.45, 7) is 5.54. The minimum atomic E-state index is 0.160. The van der Waals surface area contributed by atoms with Gasteiger partial charge in [0.25, 0.3) is 0 Å². The molecule has 0 aliphatic carbocycles. The zero-order chi connectivity index (χ0) is 11.4. The van der Waals surface area contributed by atoms with Gasteiger partial charge in [-0.3, -0.25) is 4.98 Å². The molecule has 0 aromatic carbocycles. The molecule has 2 N–H and O–H groups in total. The van der Waals surface area contributed by atoms with Crippen LogP contribution in [-0.4, -0.2) is 37.3 Å². The summed E-state index contributed by atoms with van der Waals surface area (Å²) in [5, 5.41) is 0. The Kier molecular flexibility index (Phi) is 3.74. The van der Waals surface area contributed by atoms with Gasteiger partial charge in [0.05, 0.1) is 13.2 Å². The van der Waals surface area contributed by atoms with E-state index in [0.29, 0.717) is 0 Å². The topological polar surface area (TPSA) is 51.4 Å². The first-order valence-corrected chi connectivity index (χ1v) is 5.79. The van der Waals surface area contributed by atoms with E-state index >= 15 is 0 Å². The Bertz CT molecular complexity index is 335. The lowest BCUT2D eigenvalue weighted by molar-refractivity contribution is 0.122. The van der Waals surface area contributed by atoms with E-state index in [-0.39, 0.29) is 6.04 Å². The van der Waals surface area contributed by atoms with Crippen LogP contribution < -0.4 is 10.6 Å². The van der Waals surface area contributed by atoms with Gasteiger partial charge in [-0.15, -0.1) is 0 Å². The average molecular weight is 221 g/mol. The smallest absolute Gasteiger partial charge is 0.0642 e. The summed E-state index contributed by atoms with van der Waals surface area (Å²) in [5.41, 5.74) is 8.08. The van der Waals surface area contributed by atoms with Crippen molar-refractivity contribution in [1.29, 1.82) is 0 Å². The quantitative estimate of drug-likeness (QED) is 0.820. The lowest BCUT2D eigenvalue weighted by Gasteiger charge is -2.29. The number of aromatic nitrogens is 1. The van der Waals surface area contributed by atoms with Gasteiger partial charge in [0, 0.05) is 43.1 Å². The van der Waals surface area contributed by atoms with Crippen molar-refractivity contribution < 1.29 is 4.74 Å². The Balaban J connectivity index is 2.08. The van der Waals surface area contributed by atoms with E-state index in [1.807, 2.05) is 13.1 Å². The molecule has 0 radical (unpaired) electrons. The lowest BCUT2D eigenvalue weighted by atomic mass is 10.1. The Labute approximate surface area is 96.4 Å². The summed E-state index contributed by atoms with van der Waals surface area (Å²) in [4.78, 5) is 6.67. The number of hydrogen-bond acceptors (Lipinski definition) is 4. The zero-order valence-corrected chi connectivity index (χ0v) is 9.72. The highest BCUT2D eigenvalue weighted by atomic mass is 16.5. The molecule has 1 saturated heterocycles. The molecule has 0 saturated carbocycles. The summed E-state index contributed by atoms with van der Waals surface area (Å²) in [7, 11) is 0. The number of nitrogens with zero attached hydrogens (tertiary/aromatic N) is 2. The number of rotatable bonds is 3. The molecule has 1 aliphatic rings. The summed E-state index contributed by atoms with van der Waals surface area (Å²) >= 11 is 0. The van der Waals surface area contributed by atoms with Gasteiger partial charge in [-0.25, -0.2) is 0 Å². The normalized spacial score (nSPS) is 18.5. The predicted molar refractivity (Wildman–Crippen MR) is 64.6 cm³/mol. The maximum Gasteiger partial charge on any atom is 0.0642 e. The molecule has 0 amide bonds. The van der Waals surface area contributed by atoms with Crippen LogP contribution in [0.2, 0.25) is 0 Å². The highest BCUT2D eigenvalue weighted by molar-refractivity contribution is 5.46. The van der Waals surface area contributed by atoms with Crippen LogP contribution in [0.5, 0.6) is 0 Å². The van der Waals surface area contributed by atoms with Gasteiger partial charge in [-0.1, -0.05) is 0 Å². The van der Waals surface area contributed by atoms with Gasteiger partial charge in [0.1, 0.15) is 0 Å². The number of ether oxygens (including phenoxy) is 1. The molecule has 1 aliphatic heterocycles. The molecule has 1 aromatic rings. The van der Waals surface area contributed by atoms with Crippen LogP contribution in [0.3, 0.4) is 0 Å². The first kappa shape index (κ1) is 11.4. The molecular weight excluding hydrogens is 202 g/mol. The first-order chi connectivity index (χ1) is 7.75. The van der Waals surface area contributed by atoms with Gasteiger partial charge < -0.3 is 15.4 Å². The molecule has 2 rings (SSSR count). The van der Waals surface area contributed by atoms with Crippen LogP contribution >= 0.6 is 0 Å². The molecule has 16 heavy (non-hydrogen) atoms. The van der Waals surface area contributed by atoms with Gasteiger partial charge >= 0.3 is 0 Å². The number of nitrogens with two attached hydrogens (primary N) is 1. The molecule has 4 heteroatoms. The molecule has 2 heterocycles. The molecule has 1 unspecified atom stereocenters. The fourth-order valence-corrected chi connectivity index (χ4v) is 1.93. The number of anilines is 1. The summed E-state index contributed by atoms with van der Waals surface area (Å²) in [6.07, 6.45) is 2.70. The third-order valence-corrected chi connectivity index (χ3v) is 2.71. The molecular formula is C12H19N3O. The van der Waals surface area contributed by atoms with Crippen molar-refractivity contribution in [2.75, 3.05) is 31.2 Å². The van der Waals surface area contributed by atoms with E-state index in [2.05, 4.69) is 22.0 Å². The Hall–Kier alpha value is -1.13. The molecule has 1 fully saturated rings. The van der Waals surface area contributed by atoms with Crippen LogP contribution in [0.15, 0.2) is 18.3 Å². The van der Waals surface area contributed by atoms with Crippen LogP contribution in [0.25, 0.3) is 0 Å². The van der Waals surface area contributed by atoms with E-state index in [1.54, 1.807) is 0 Å². The lowest BCUT2D eigenvalue weighted by Crippen LogP contribution is -2.36. The SMILES string of the molecule is CC(N)Cc1cc(N2CCOCC2)ccn1. The highest BCUT2D eigenvalue weighted by Gasteiger charge is 2.11. The minimum Gasteiger partial charge on any atom is -0.378 e. The van der Waals surface area contributed by atoms with Crippen molar-refractivity contribution in [3.63, 3.8) is 0 Å². The monoisotopic (exact) mass is 221 g/mol. The van der Waals surface area contributed by atoms with E-state index in [1.165, 1.54) is 5.69 Å². The second kappa shape index (κ2) is 5.27. The fraction of sp³-hybridized carbons (Fsp3) is 0.583. The van der Waals surface area contributed by atoms with E-state index in [4.69, 9.17) is 10.5 Å². The van der Waals surface area contributed by atoms with Crippen LogP contribution in [0.1, 0.15) is 12.6 Å². The van der Waals surface area contributed by atoms with Crippen molar-refractivity contribution in [2.24, 2.45) is 5.73 Å². The Morgan fingerprint density at radius 3 is 2.94 bits per heavy atom. The van der Waals surface area contributed by atoms with E-state index < -0.39 is 0 Å². The summed E-state index contributed by atoms with van der Waals surface area (Å²) in [6, 6.07) is 4.34. The first-order valence-electron chi connectivity index (χ1n) is 5.79. The van der Waals surface area contributed by atoms with Crippen molar-refractivity contribution in [2.45, 2.75) is 19.4 Å². The van der Waals surface area contributed by atoms with Gasteiger partial charge in [0.15, 0.2) is 0 Å². The zero-order valence-electron chi connectivity index (χ0n) is 9.72. The largest absolute Gasteiger partial charge is 0.378 e. The predicted octanol–water partition coefficient (Wildman–Crippen LogP) is 0.808. The number of hydrogen-bond donors (Lipinski definition) is 1. The Morgan fingerprint density at radius 1 is 1.50 bits per heavy atom. The fourth-order valence-electron chi connectivity index (χ4n) is 1.93. The van der Waals surface area contributed by atoms with Crippen molar-refractivity contribution in [3.05, 3.63) is 24.0 Å². The molecule has 0 bridgehead atoms. The van der Waals surface area contributed by atoms with Crippen molar-refractivity contribution in [1.82, 2.24) is 4.98 Å². The second-order valence-electron chi connectivity index (χ2n) is 4.29. The number of pyridine rings is 1. The van der Waals surface area contributed by atoms with Gasteiger partial charge in [-0.05, 0) is 19.1 Å². The minimum absolute atomic E-state index is 0.160. The molecule has 0 spiro atoms. The third-order valence-electron chi connectivity index (χ3n) is 2.71. The van der Waals surface area contributed by atoms with E-state index in [9.17, 15) is 0 Å². The van der Waals surface area contributed by atoms with Crippen molar-refractivity contribution >= 4 is 5.69 Å². The Morgan fingerprint density at radius 2 is 2.25 bits per heavy atom. The molecule has 1 aromatic heterocycles. The average Bonchev–Trinajstić information content (AvgIpc) is 2.30. The van der Waals surface area contributed by atoms with Gasteiger partial charge in [-0.2, -0.15) is 0 Å². The van der Waals surface area contributed by atoms with Crippen LogP contribution in [0, 0.1) is 0 Å². The van der Waals surface area contributed by atoms with Crippen LogP contribution in [-0.2, 0) is 11.2 Å². The second-order valence-corrected chi connectivity index (χ2v) is 4.29. The number of morpholine rings is 1. The molecule has 4 nitrogen and oxygen atoms in total. The molecule has 1 atom stereocenters. The molecule has 88 valence electrons. The van der Waals surface area contributed by atoms with Crippen LogP contribution in [0.4, 0.5) is 5.69 Å². The maximum atomic E-state index is 5.78. The third kappa shape index (κ3) is 2.93. The maximum absolute atomic E-state index is 5.78. The van der Waals surface area contributed by atoms with E-state index in [0.717, 1.165) is 38.4 Å². The van der Waals surface area contributed by atoms with Gasteiger partial charge in [0.2, 0.25) is 0 Å². The summed E-state index contributed by atoms with van der Waals surface area (Å²) < 4.78 is 5.34.